The average Bonchev–Trinajstić information content (AvgIpc) is 3.23. The number of anilines is 1. The molecule has 3 nitrogen and oxygen atoms in total. The molecule has 0 heterocycles. The maximum absolute atomic E-state index is 9.52. The van der Waals surface area contributed by atoms with E-state index in [2.05, 4.69) is 11.8 Å². The Kier molecular flexibility index (Phi) is 5.08. The van der Waals surface area contributed by atoms with Crippen LogP contribution in [0.3, 0.4) is 0 Å². The smallest absolute Gasteiger partial charge is 0.0702 e. The van der Waals surface area contributed by atoms with E-state index in [-0.39, 0.29) is 6.61 Å². The van der Waals surface area contributed by atoms with Gasteiger partial charge in [-0.15, -0.1) is 0 Å². The second-order valence-electron chi connectivity index (χ2n) is 5.20. The van der Waals surface area contributed by atoms with E-state index in [1.54, 1.807) is 7.11 Å². The molecule has 1 N–H and O–H groups in total. The number of nitrogens with zero attached hydrogens (tertiary/aromatic N) is 1. The first-order chi connectivity index (χ1) is 9.17. The number of rotatable bonds is 7. The van der Waals surface area contributed by atoms with Crippen molar-refractivity contribution < 1.29 is 9.84 Å². The first-order valence-electron chi connectivity index (χ1n) is 6.82. The highest BCUT2D eigenvalue weighted by molar-refractivity contribution is 6.30. The Hall–Kier alpha value is -0.770. The van der Waals surface area contributed by atoms with E-state index < -0.39 is 0 Å². The van der Waals surface area contributed by atoms with Crippen LogP contribution in [0.2, 0.25) is 5.02 Å². The molecule has 1 aliphatic carbocycles. The molecule has 1 atom stereocenters. The average molecular weight is 284 g/mol. The Labute approximate surface area is 120 Å². The van der Waals surface area contributed by atoms with Crippen molar-refractivity contribution in [3.63, 3.8) is 0 Å². The van der Waals surface area contributed by atoms with Crippen LogP contribution in [-0.2, 0) is 11.3 Å². The number of benzene rings is 1. The fraction of sp³-hybridized carbons (Fsp3) is 0.600. The highest BCUT2D eigenvalue weighted by Gasteiger charge is 2.32. The molecule has 0 aliphatic heterocycles. The minimum Gasteiger partial charge on any atom is -0.392 e. The molecule has 0 radical (unpaired) electrons. The Bertz CT molecular complexity index is 421. The number of hydrogen-bond acceptors (Lipinski definition) is 3. The largest absolute Gasteiger partial charge is 0.392 e. The fourth-order valence-electron chi connectivity index (χ4n) is 2.50. The first-order valence-corrected chi connectivity index (χ1v) is 7.20. The van der Waals surface area contributed by atoms with Gasteiger partial charge in [-0.25, -0.2) is 0 Å². The van der Waals surface area contributed by atoms with Gasteiger partial charge in [0.1, 0.15) is 0 Å². The quantitative estimate of drug-likeness (QED) is 0.835. The normalized spacial score (nSPS) is 16.4. The maximum Gasteiger partial charge on any atom is 0.0702 e. The van der Waals surface area contributed by atoms with Crippen molar-refractivity contribution in [2.75, 3.05) is 25.2 Å². The summed E-state index contributed by atoms with van der Waals surface area (Å²) in [4.78, 5) is 2.32. The van der Waals surface area contributed by atoms with Crippen LogP contribution in [0, 0.1) is 5.92 Å². The molecule has 1 saturated carbocycles. The molecule has 0 saturated heterocycles. The van der Waals surface area contributed by atoms with Gasteiger partial charge in [0.05, 0.1) is 13.2 Å². The fourth-order valence-corrected chi connectivity index (χ4v) is 2.67. The van der Waals surface area contributed by atoms with E-state index in [0.717, 1.165) is 23.7 Å². The van der Waals surface area contributed by atoms with E-state index in [0.29, 0.717) is 17.7 Å². The number of hydrogen-bond donors (Lipinski definition) is 1. The van der Waals surface area contributed by atoms with Crippen molar-refractivity contribution in [1.29, 1.82) is 0 Å². The van der Waals surface area contributed by atoms with Gasteiger partial charge >= 0.3 is 0 Å². The Morgan fingerprint density at radius 2 is 2.21 bits per heavy atom. The summed E-state index contributed by atoms with van der Waals surface area (Å²) < 4.78 is 5.21. The molecule has 0 spiro atoms. The Morgan fingerprint density at radius 1 is 1.47 bits per heavy atom. The van der Waals surface area contributed by atoms with Gasteiger partial charge in [0, 0.05) is 36.0 Å². The van der Waals surface area contributed by atoms with Crippen LogP contribution in [0.25, 0.3) is 0 Å². The van der Waals surface area contributed by atoms with Crippen LogP contribution in [0.5, 0.6) is 0 Å². The van der Waals surface area contributed by atoms with Crippen LogP contribution < -0.4 is 4.90 Å². The van der Waals surface area contributed by atoms with Crippen molar-refractivity contribution in [2.45, 2.75) is 32.4 Å². The van der Waals surface area contributed by atoms with E-state index in [4.69, 9.17) is 16.3 Å². The molecule has 1 aromatic rings. The van der Waals surface area contributed by atoms with Crippen LogP contribution >= 0.6 is 11.6 Å². The van der Waals surface area contributed by atoms with E-state index in [9.17, 15) is 5.11 Å². The lowest BCUT2D eigenvalue weighted by molar-refractivity contribution is 0.202. The van der Waals surface area contributed by atoms with E-state index in [1.807, 2.05) is 18.2 Å². The second kappa shape index (κ2) is 6.60. The lowest BCUT2D eigenvalue weighted by Crippen LogP contribution is -2.38. The van der Waals surface area contributed by atoms with Crippen LogP contribution in [0.1, 0.15) is 25.3 Å². The summed E-state index contributed by atoms with van der Waals surface area (Å²) >= 11 is 6.11. The molecule has 2 rings (SSSR count). The molecular weight excluding hydrogens is 262 g/mol. The summed E-state index contributed by atoms with van der Waals surface area (Å²) in [7, 11) is 1.71. The molecule has 4 heteroatoms. The molecule has 0 aromatic heterocycles. The zero-order chi connectivity index (χ0) is 13.8. The zero-order valence-corrected chi connectivity index (χ0v) is 12.4. The minimum absolute atomic E-state index is 0.0351. The molecule has 1 aliphatic rings. The summed E-state index contributed by atoms with van der Waals surface area (Å²) in [5.74, 6) is 0.752. The first kappa shape index (κ1) is 14.6. The number of ether oxygens (including phenoxy) is 1. The number of aliphatic hydroxyl groups is 1. The summed E-state index contributed by atoms with van der Waals surface area (Å²) in [5.41, 5.74) is 1.96. The summed E-state index contributed by atoms with van der Waals surface area (Å²) in [6.45, 7) is 3.78. The van der Waals surface area contributed by atoms with Gasteiger partial charge < -0.3 is 14.7 Å². The van der Waals surface area contributed by atoms with Crippen molar-refractivity contribution in [1.82, 2.24) is 0 Å². The molecule has 1 aromatic carbocycles. The molecular formula is C15H22ClNO2. The van der Waals surface area contributed by atoms with Gasteiger partial charge in [-0.2, -0.15) is 0 Å². The molecule has 106 valence electrons. The predicted molar refractivity (Wildman–Crippen MR) is 78.8 cm³/mol. The van der Waals surface area contributed by atoms with Gasteiger partial charge in [0.15, 0.2) is 0 Å². The third-order valence-electron chi connectivity index (χ3n) is 3.86. The van der Waals surface area contributed by atoms with Crippen molar-refractivity contribution in [3.8, 4) is 0 Å². The number of aliphatic hydroxyl groups excluding tert-OH is 1. The summed E-state index contributed by atoms with van der Waals surface area (Å²) in [6, 6.07) is 6.13. The second-order valence-corrected chi connectivity index (χ2v) is 5.63. The summed E-state index contributed by atoms with van der Waals surface area (Å²) in [5, 5.41) is 10.2. The van der Waals surface area contributed by atoms with Gasteiger partial charge in [-0.1, -0.05) is 17.7 Å². The van der Waals surface area contributed by atoms with Gasteiger partial charge in [0.25, 0.3) is 0 Å². The van der Waals surface area contributed by atoms with Gasteiger partial charge in [-0.3, -0.25) is 0 Å². The Morgan fingerprint density at radius 3 is 2.79 bits per heavy atom. The zero-order valence-electron chi connectivity index (χ0n) is 11.6. The van der Waals surface area contributed by atoms with Crippen LogP contribution in [0.15, 0.2) is 18.2 Å². The molecule has 1 unspecified atom stereocenters. The monoisotopic (exact) mass is 283 g/mol. The predicted octanol–water partition coefficient (Wildman–Crippen LogP) is 3.08. The third-order valence-corrected chi connectivity index (χ3v) is 4.09. The van der Waals surface area contributed by atoms with Gasteiger partial charge in [-0.05, 0) is 37.8 Å². The Balaban J connectivity index is 2.27. The maximum atomic E-state index is 9.52. The SMILES string of the molecule is COCCN(c1cc(Cl)ccc1CO)C(C)C1CC1. The summed E-state index contributed by atoms with van der Waals surface area (Å²) in [6.07, 6.45) is 2.58. The van der Waals surface area contributed by atoms with E-state index in [1.165, 1.54) is 12.8 Å². The molecule has 1 fully saturated rings. The minimum atomic E-state index is 0.0351. The lowest BCUT2D eigenvalue weighted by Gasteiger charge is -2.33. The molecule has 0 bridgehead atoms. The highest BCUT2D eigenvalue weighted by atomic mass is 35.5. The topological polar surface area (TPSA) is 32.7 Å². The third kappa shape index (κ3) is 3.62. The molecule has 19 heavy (non-hydrogen) atoms. The lowest BCUT2D eigenvalue weighted by atomic mass is 10.1. The van der Waals surface area contributed by atoms with Crippen LogP contribution in [0.4, 0.5) is 5.69 Å². The van der Waals surface area contributed by atoms with Crippen molar-refractivity contribution >= 4 is 17.3 Å². The highest BCUT2D eigenvalue weighted by Crippen LogP contribution is 2.38. The van der Waals surface area contributed by atoms with Gasteiger partial charge in [0.2, 0.25) is 0 Å². The van der Waals surface area contributed by atoms with E-state index >= 15 is 0 Å². The number of methoxy groups -OCH3 is 1. The standard InChI is InChI=1S/C15H22ClNO2/c1-11(12-3-4-12)17(7-8-19-2)15-9-14(16)6-5-13(15)10-18/h5-6,9,11-12,18H,3-4,7-8,10H2,1-2H3. The van der Waals surface area contributed by atoms with Crippen molar-refractivity contribution in [3.05, 3.63) is 28.8 Å². The number of halogens is 1. The van der Waals surface area contributed by atoms with Crippen molar-refractivity contribution in [2.24, 2.45) is 5.92 Å². The molecule has 0 amide bonds. The van der Waals surface area contributed by atoms with Crippen LogP contribution in [-0.4, -0.2) is 31.4 Å².